The molecule has 1 saturated carbocycles. The van der Waals surface area contributed by atoms with Gasteiger partial charge in [-0.1, -0.05) is 18.5 Å². The van der Waals surface area contributed by atoms with Gasteiger partial charge < -0.3 is 5.32 Å². The van der Waals surface area contributed by atoms with Crippen molar-refractivity contribution in [1.29, 1.82) is 0 Å². The molecule has 0 spiro atoms. The molecule has 1 fully saturated rings. The average Bonchev–Trinajstić information content (AvgIpc) is 3.24. The summed E-state index contributed by atoms with van der Waals surface area (Å²) in [4.78, 5) is -0.386. The van der Waals surface area contributed by atoms with Crippen LogP contribution in [0, 0.1) is 17.7 Å². The Kier molecular flexibility index (Phi) is 5.24. The van der Waals surface area contributed by atoms with Gasteiger partial charge in [0.15, 0.2) is 0 Å². The van der Waals surface area contributed by atoms with E-state index in [4.69, 9.17) is 11.6 Å². The maximum atomic E-state index is 14.3. The van der Waals surface area contributed by atoms with Crippen LogP contribution in [0.4, 0.5) is 4.39 Å². The lowest BCUT2D eigenvalue weighted by Gasteiger charge is -2.14. The van der Waals surface area contributed by atoms with Gasteiger partial charge in [0.2, 0.25) is 10.0 Å². The molecule has 1 atom stereocenters. The van der Waals surface area contributed by atoms with Gasteiger partial charge in [0, 0.05) is 23.7 Å². The Bertz CT molecular complexity index is 618. The fourth-order valence-corrected chi connectivity index (χ4v) is 3.88. The topological polar surface area (TPSA) is 58.2 Å². The zero-order valence-electron chi connectivity index (χ0n) is 12.1. The lowest BCUT2D eigenvalue weighted by atomic mass is 10.1. The standard InChI is InChI=1S/C14H20ClFN2O2S/c1-9(10-3-4-10)7-18-21(19,20)13-6-12(15)5-11(8-17-2)14(13)16/h5-6,9-10,17-18H,3-4,7-8H2,1-2H3. The van der Waals surface area contributed by atoms with Crippen LogP contribution in [0.15, 0.2) is 17.0 Å². The van der Waals surface area contributed by atoms with Crippen molar-refractivity contribution in [3.8, 4) is 0 Å². The van der Waals surface area contributed by atoms with Crippen LogP contribution >= 0.6 is 11.6 Å². The molecule has 4 nitrogen and oxygen atoms in total. The van der Waals surface area contributed by atoms with Crippen molar-refractivity contribution in [1.82, 2.24) is 10.0 Å². The van der Waals surface area contributed by atoms with E-state index in [2.05, 4.69) is 10.0 Å². The van der Waals surface area contributed by atoms with Crippen LogP contribution in [0.25, 0.3) is 0 Å². The molecule has 0 aromatic heterocycles. The molecule has 0 bridgehead atoms. The third-order valence-electron chi connectivity index (χ3n) is 3.76. The number of sulfonamides is 1. The van der Waals surface area contributed by atoms with Crippen LogP contribution in [-0.4, -0.2) is 22.0 Å². The number of halogens is 2. The third-order valence-corrected chi connectivity index (χ3v) is 5.40. The van der Waals surface area contributed by atoms with Gasteiger partial charge in [-0.3, -0.25) is 0 Å². The van der Waals surface area contributed by atoms with E-state index >= 15 is 0 Å². The normalized spacial score (nSPS) is 17.0. The van der Waals surface area contributed by atoms with Crippen LogP contribution in [-0.2, 0) is 16.6 Å². The predicted molar refractivity (Wildman–Crippen MR) is 81.3 cm³/mol. The lowest BCUT2D eigenvalue weighted by Crippen LogP contribution is -2.30. The van der Waals surface area contributed by atoms with E-state index < -0.39 is 15.8 Å². The molecular weight excluding hydrogens is 315 g/mol. The molecule has 0 radical (unpaired) electrons. The van der Waals surface area contributed by atoms with Crippen LogP contribution in [0.5, 0.6) is 0 Å². The molecule has 0 amide bonds. The molecule has 0 saturated heterocycles. The molecule has 2 N–H and O–H groups in total. The summed E-state index contributed by atoms with van der Waals surface area (Å²) in [6.07, 6.45) is 2.28. The van der Waals surface area contributed by atoms with Gasteiger partial charge in [0.25, 0.3) is 0 Å². The number of benzene rings is 1. The van der Waals surface area contributed by atoms with Gasteiger partial charge in [-0.25, -0.2) is 17.5 Å². The average molecular weight is 335 g/mol. The minimum absolute atomic E-state index is 0.206. The van der Waals surface area contributed by atoms with Crippen molar-refractivity contribution in [2.24, 2.45) is 11.8 Å². The lowest BCUT2D eigenvalue weighted by molar-refractivity contribution is 0.488. The van der Waals surface area contributed by atoms with Gasteiger partial charge in [0.1, 0.15) is 10.7 Å². The molecule has 7 heteroatoms. The van der Waals surface area contributed by atoms with Crippen molar-refractivity contribution < 1.29 is 12.8 Å². The summed E-state index contributed by atoms with van der Waals surface area (Å²) >= 11 is 5.90. The zero-order chi connectivity index (χ0) is 15.6. The molecule has 0 heterocycles. The van der Waals surface area contributed by atoms with E-state index in [9.17, 15) is 12.8 Å². The Labute approximate surface area is 130 Å². The van der Waals surface area contributed by atoms with E-state index in [1.807, 2.05) is 6.92 Å². The second kappa shape index (κ2) is 6.60. The van der Waals surface area contributed by atoms with Crippen molar-refractivity contribution in [3.63, 3.8) is 0 Å². The summed E-state index contributed by atoms with van der Waals surface area (Å²) in [6, 6.07) is 2.58. The van der Waals surface area contributed by atoms with Gasteiger partial charge in [-0.15, -0.1) is 0 Å². The second-order valence-corrected chi connectivity index (χ2v) is 7.75. The molecule has 1 unspecified atom stereocenters. The quantitative estimate of drug-likeness (QED) is 0.805. The smallest absolute Gasteiger partial charge is 0.243 e. The van der Waals surface area contributed by atoms with Gasteiger partial charge in [-0.2, -0.15) is 0 Å². The molecule has 2 rings (SSSR count). The summed E-state index contributed by atoms with van der Waals surface area (Å²) in [6.45, 7) is 2.54. The molecule has 0 aliphatic heterocycles. The van der Waals surface area contributed by atoms with E-state index in [0.29, 0.717) is 12.5 Å². The second-order valence-electron chi connectivity index (χ2n) is 5.57. The van der Waals surface area contributed by atoms with Crippen molar-refractivity contribution >= 4 is 21.6 Å². The monoisotopic (exact) mass is 334 g/mol. The highest BCUT2D eigenvalue weighted by Crippen LogP contribution is 2.36. The van der Waals surface area contributed by atoms with E-state index in [1.54, 1.807) is 7.05 Å². The summed E-state index contributed by atoms with van der Waals surface area (Å²) in [5.74, 6) is 0.0934. The van der Waals surface area contributed by atoms with Gasteiger partial charge in [0.05, 0.1) is 0 Å². The highest BCUT2D eigenvalue weighted by Gasteiger charge is 2.29. The fraction of sp³-hybridized carbons (Fsp3) is 0.571. The predicted octanol–water partition coefficient (Wildman–Crippen LogP) is 2.52. The highest BCUT2D eigenvalue weighted by molar-refractivity contribution is 7.89. The maximum Gasteiger partial charge on any atom is 0.243 e. The first-order chi connectivity index (χ1) is 9.85. The van der Waals surface area contributed by atoms with E-state index in [1.165, 1.54) is 6.07 Å². The Morgan fingerprint density at radius 1 is 1.43 bits per heavy atom. The molecule has 21 heavy (non-hydrogen) atoms. The van der Waals surface area contributed by atoms with Crippen LogP contribution in [0.1, 0.15) is 25.3 Å². The van der Waals surface area contributed by atoms with Crippen molar-refractivity contribution in [2.45, 2.75) is 31.2 Å². The molecule has 1 aliphatic rings. The molecule has 1 aromatic carbocycles. The minimum atomic E-state index is -3.89. The number of hydrogen-bond donors (Lipinski definition) is 2. The molecule has 118 valence electrons. The zero-order valence-corrected chi connectivity index (χ0v) is 13.7. The fourth-order valence-electron chi connectivity index (χ4n) is 2.28. The minimum Gasteiger partial charge on any atom is -0.316 e. The van der Waals surface area contributed by atoms with Crippen LogP contribution < -0.4 is 10.0 Å². The van der Waals surface area contributed by atoms with Crippen molar-refractivity contribution in [3.05, 3.63) is 28.5 Å². The Hall–Kier alpha value is -0.690. The number of nitrogens with one attached hydrogen (secondary N) is 2. The van der Waals surface area contributed by atoms with Crippen LogP contribution in [0.3, 0.4) is 0 Å². The Morgan fingerprint density at radius 3 is 2.67 bits per heavy atom. The van der Waals surface area contributed by atoms with Crippen molar-refractivity contribution in [2.75, 3.05) is 13.6 Å². The first kappa shape index (κ1) is 16.7. The Morgan fingerprint density at radius 2 is 2.10 bits per heavy atom. The maximum absolute atomic E-state index is 14.3. The number of hydrogen-bond acceptors (Lipinski definition) is 3. The van der Waals surface area contributed by atoms with E-state index in [0.717, 1.165) is 18.9 Å². The largest absolute Gasteiger partial charge is 0.316 e. The third kappa shape index (κ3) is 4.16. The SMILES string of the molecule is CNCc1cc(Cl)cc(S(=O)(=O)NCC(C)C2CC2)c1F. The molecule has 1 aliphatic carbocycles. The highest BCUT2D eigenvalue weighted by atomic mass is 35.5. The number of rotatable bonds is 7. The first-order valence-corrected chi connectivity index (χ1v) is 8.83. The molecule has 1 aromatic rings. The van der Waals surface area contributed by atoms with Gasteiger partial charge in [-0.05, 0) is 43.9 Å². The summed E-state index contributed by atoms with van der Waals surface area (Å²) in [5, 5.41) is 3.00. The summed E-state index contributed by atoms with van der Waals surface area (Å²) in [5.41, 5.74) is 0.237. The van der Waals surface area contributed by atoms with Crippen LogP contribution in [0.2, 0.25) is 5.02 Å². The Balaban J connectivity index is 2.21. The molecular formula is C14H20ClFN2O2S. The summed E-state index contributed by atoms with van der Waals surface area (Å²) in [7, 11) is -2.24. The summed E-state index contributed by atoms with van der Waals surface area (Å²) < 4.78 is 41.4. The van der Waals surface area contributed by atoms with Gasteiger partial charge >= 0.3 is 0 Å². The van der Waals surface area contributed by atoms with E-state index in [-0.39, 0.29) is 27.9 Å². The first-order valence-electron chi connectivity index (χ1n) is 6.97.